The molecule has 3 rings (SSSR count). The summed E-state index contributed by atoms with van der Waals surface area (Å²) >= 11 is 0. The quantitative estimate of drug-likeness (QED) is 0.726. The zero-order chi connectivity index (χ0) is 16.2. The maximum Gasteiger partial charge on any atom is 0.147 e. The van der Waals surface area contributed by atoms with E-state index in [0.717, 1.165) is 12.8 Å². The molecule has 1 atom stereocenters. The molecule has 0 spiro atoms. The normalized spacial score (nSPS) is 18.5. The SMILES string of the molecule is CCC1=C(C)C(CC)N(c2ccccc2)[CH]N1c1ccccc1. The van der Waals surface area contributed by atoms with Crippen LogP contribution in [0.2, 0.25) is 0 Å². The molecule has 0 saturated heterocycles. The molecule has 1 aliphatic heterocycles. The van der Waals surface area contributed by atoms with E-state index < -0.39 is 0 Å². The van der Waals surface area contributed by atoms with Crippen LogP contribution < -0.4 is 9.80 Å². The highest BCUT2D eigenvalue weighted by molar-refractivity contribution is 5.63. The molecule has 2 heteroatoms. The van der Waals surface area contributed by atoms with Gasteiger partial charge in [0.05, 0.1) is 6.04 Å². The Morgan fingerprint density at radius 2 is 1.39 bits per heavy atom. The van der Waals surface area contributed by atoms with Gasteiger partial charge in [-0.3, -0.25) is 0 Å². The molecule has 0 saturated carbocycles. The first-order valence-corrected chi connectivity index (χ1v) is 8.48. The summed E-state index contributed by atoms with van der Waals surface area (Å²) in [6.45, 7) is 9.06. The van der Waals surface area contributed by atoms with Crippen molar-refractivity contribution >= 4 is 11.4 Å². The number of nitrogens with zero attached hydrogens (tertiary/aromatic N) is 2. The zero-order valence-corrected chi connectivity index (χ0v) is 14.2. The van der Waals surface area contributed by atoms with Gasteiger partial charge in [-0.15, -0.1) is 0 Å². The third kappa shape index (κ3) is 2.98. The Morgan fingerprint density at radius 1 is 0.826 bits per heavy atom. The van der Waals surface area contributed by atoms with Crippen molar-refractivity contribution in [1.82, 2.24) is 0 Å². The van der Waals surface area contributed by atoms with E-state index in [4.69, 9.17) is 0 Å². The van der Waals surface area contributed by atoms with Crippen LogP contribution in [0.1, 0.15) is 33.6 Å². The van der Waals surface area contributed by atoms with Gasteiger partial charge in [-0.2, -0.15) is 0 Å². The van der Waals surface area contributed by atoms with E-state index in [-0.39, 0.29) is 0 Å². The molecule has 1 radical (unpaired) electrons. The molecule has 23 heavy (non-hydrogen) atoms. The van der Waals surface area contributed by atoms with Crippen LogP contribution in [0, 0.1) is 6.67 Å². The summed E-state index contributed by atoms with van der Waals surface area (Å²) in [6.07, 6.45) is 2.14. The molecule has 0 aromatic heterocycles. The summed E-state index contributed by atoms with van der Waals surface area (Å²) in [4.78, 5) is 4.75. The van der Waals surface area contributed by atoms with Gasteiger partial charge in [0.25, 0.3) is 0 Å². The number of rotatable bonds is 4. The largest absolute Gasteiger partial charge is 0.341 e. The van der Waals surface area contributed by atoms with Gasteiger partial charge in [0.1, 0.15) is 6.67 Å². The molecule has 0 fully saturated rings. The summed E-state index contributed by atoms with van der Waals surface area (Å²) in [6, 6.07) is 21.7. The number of para-hydroxylation sites is 2. The van der Waals surface area contributed by atoms with E-state index in [1.54, 1.807) is 0 Å². The van der Waals surface area contributed by atoms with E-state index in [0.29, 0.717) is 6.04 Å². The summed E-state index contributed by atoms with van der Waals surface area (Å²) < 4.78 is 0. The highest BCUT2D eigenvalue weighted by atomic mass is 15.4. The first-order valence-electron chi connectivity index (χ1n) is 8.48. The van der Waals surface area contributed by atoms with Crippen molar-refractivity contribution in [2.24, 2.45) is 0 Å². The lowest BCUT2D eigenvalue weighted by atomic mass is 9.96. The Morgan fingerprint density at radius 3 is 1.91 bits per heavy atom. The Balaban J connectivity index is 2.06. The first-order chi connectivity index (χ1) is 11.3. The Bertz CT molecular complexity index is 661. The lowest BCUT2D eigenvalue weighted by Gasteiger charge is -2.45. The number of hydrogen-bond acceptors (Lipinski definition) is 2. The fraction of sp³-hybridized carbons (Fsp3) is 0.286. The van der Waals surface area contributed by atoms with Crippen LogP contribution in [0.15, 0.2) is 71.9 Å². The van der Waals surface area contributed by atoms with Crippen LogP contribution in [0.4, 0.5) is 11.4 Å². The van der Waals surface area contributed by atoms with Gasteiger partial charge in [-0.05, 0) is 49.6 Å². The van der Waals surface area contributed by atoms with E-state index in [9.17, 15) is 0 Å². The number of benzene rings is 2. The third-order valence-electron chi connectivity index (χ3n) is 4.63. The minimum atomic E-state index is 0.423. The summed E-state index contributed by atoms with van der Waals surface area (Å²) in [5, 5.41) is 0. The van der Waals surface area contributed by atoms with E-state index in [2.05, 4.69) is 97.9 Å². The van der Waals surface area contributed by atoms with Crippen LogP contribution in [-0.4, -0.2) is 6.04 Å². The number of hydrogen-bond donors (Lipinski definition) is 0. The lowest BCUT2D eigenvalue weighted by Crippen LogP contribution is -2.45. The second kappa shape index (κ2) is 6.91. The highest BCUT2D eigenvalue weighted by Gasteiger charge is 2.31. The zero-order valence-electron chi connectivity index (χ0n) is 14.2. The number of anilines is 2. The maximum atomic E-state index is 2.40. The van der Waals surface area contributed by atoms with Gasteiger partial charge >= 0.3 is 0 Å². The molecule has 1 heterocycles. The summed E-state index contributed by atoms with van der Waals surface area (Å²) in [5.74, 6) is 0. The van der Waals surface area contributed by atoms with Crippen molar-refractivity contribution < 1.29 is 0 Å². The topological polar surface area (TPSA) is 6.48 Å². The molecule has 0 N–H and O–H groups in total. The average molecular weight is 305 g/mol. The molecule has 1 aliphatic rings. The Kier molecular flexibility index (Phi) is 4.71. The van der Waals surface area contributed by atoms with E-state index in [1.807, 2.05) is 0 Å². The third-order valence-corrected chi connectivity index (χ3v) is 4.63. The van der Waals surface area contributed by atoms with Crippen LogP contribution in [0.3, 0.4) is 0 Å². The van der Waals surface area contributed by atoms with Gasteiger partial charge in [0.15, 0.2) is 0 Å². The molecule has 0 aliphatic carbocycles. The van der Waals surface area contributed by atoms with Crippen LogP contribution in [-0.2, 0) is 0 Å². The van der Waals surface area contributed by atoms with Gasteiger partial charge in [0.2, 0.25) is 0 Å². The fourth-order valence-electron chi connectivity index (χ4n) is 3.48. The maximum absolute atomic E-state index is 2.40. The van der Waals surface area contributed by atoms with Crippen molar-refractivity contribution in [2.75, 3.05) is 9.80 Å². The first kappa shape index (κ1) is 15.7. The molecule has 119 valence electrons. The molecule has 2 aromatic rings. The monoisotopic (exact) mass is 305 g/mol. The van der Waals surface area contributed by atoms with Crippen LogP contribution in [0.5, 0.6) is 0 Å². The van der Waals surface area contributed by atoms with E-state index in [1.165, 1.54) is 22.6 Å². The second-order valence-corrected chi connectivity index (χ2v) is 5.97. The summed E-state index contributed by atoms with van der Waals surface area (Å²) in [5.41, 5.74) is 5.34. The predicted molar refractivity (Wildman–Crippen MR) is 99.2 cm³/mol. The minimum absolute atomic E-state index is 0.423. The molecule has 1 unspecified atom stereocenters. The number of allylic oxidation sites excluding steroid dienone is 1. The predicted octanol–water partition coefficient (Wildman–Crippen LogP) is 5.60. The Labute approximate surface area is 140 Å². The standard InChI is InChI=1S/C21H25N2/c1-4-20-17(3)21(5-2)23(19-14-10-7-11-15-19)16-22(20)18-12-8-6-9-13-18/h6-16,20H,4-5H2,1-3H3. The minimum Gasteiger partial charge on any atom is -0.341 e. The van der Waals surface area contributed by atoms with Gasteiger partial charge in [-0.1, -0.05) is 50.2 Å². The van der Waals surface area contributed by atoms with Crippen LogP contribution in [0.25, 0.3) is 0 Å². The molecule has 0 amide bonds. The molecule has 2 aromatic carbocycles. The molecule has 0 bridgehead atoms. The van der Waals surface area contributed by atoms with Crippen molar-refractivity contribution in [2.45, 2.75) is 39.7 Å². The van der Waals surface area contributed by atoms with Crippen LogP contribution >= 0.6 is 0 Å². The highest BCUT2D eigenvalue weighted by Crippen LogP contribution is 2.36. The van der Waals surface area contributed by atoms with Crippen molar-refractivity contribution in [3.8, 4) is 0 Å². The molecular formula is C21H25N2. The van der Waals surface area contributed by atoms with Gasteiger partial charge in [0, 0.05) is 17.1 Å². The average Bonchev–Trinajstić information content (AvgIpc) is 2.62. The second-order valence-electron chi connectivity index (χ2n) is 5.97. The van der Waals surface area contributed by atoms with Gasteiger partial charge in [-0.25, -0.2) is 0 Å². The lowest BCUT2D eigenvalue weighted by molar-refractivity contribution is 0.628. The van der Waals surface area contributed by atoms with Crippen molar-refractivity contribution in [3.63, 3.8) is 0 Å². The smallest absolute Gasteiger partial charge is 0.147 e. The summed E-state index contributed by atoms with van der Waals surface area (Å²) in [7, 11) is 0. The van der Waals surface area contributed by atoms with E-state index >= 15 is 0 Å². The molecular weight excluding hydrogens is 280 g/mol. The van der Waals surface area contributed by atoms with Crippen molar-refractivity contribution in [3.05, 3.63) is 78.6 Å². The Hall–Kier alpha value is -2.22. The van der Waals surface area contributed by atoms with Gasteiger partial charge < -0.3 is 9.80 Å². The van der Waals surface area contributed by atoms with Crippen molar-refractivity contribution in [1.29, 1.82) is 0 Å². The fourth-order valence-corrected chi connectivity index (χ4v) is 3.48. The molecule has 2 nitrogen and oxygen atoms in total.